The zero-order valence-corrected chi connectivity index (χ0v) is 13.2. The summed E-state index contributed by atoms with van der Waals surface area (Å²) >= 11 is 5.78. The average Bonchev–Trinajstić information content (AvgIpc) is 2.45. The molecule has 0 aliphatic carbocycles. The van der Waals surface area contributed by atoms with E-state index < -0.39 is 0 Å². The van der Waals surface area contributed by atoms with Crippen molar-refractivity contribution in [2.75, 3.05) is 5.32 Å². The average molecular weight is 288 g/mol. The van der Waals surface area contributed by atoms with Crippen LogP contribution < -0.4 is 5.32 Å². The second-order valence-corrected chi connectivity index (χ2v) is 6.40. The Morgan fingerprint density at radius 1 is 0.850 bits per heavy atom. The highest BCUT2D eigenvalue weighted by atomic mass is 35.5. The van der Waals surface area contributed by atoms with Gasteiger partial charge in [-0.1, -0.05) is 57.2 Å². The molecule has 0 aliphatic rings. The van der Waals surface area contributed by atoms with Crippen molar-refractivity contribution in [3.8, 4) is 0 Å². The number of rotatable bonds is 4. The predicted octanol–water partition coefficient (Wildman–Crippen LogP) is 5.34. The third-order valence-corrected chi connectivity index (χ3v) is 3.73. The second kappa shape index (κ2) is 6.32. The lowest BCUT2D eigenvalue weighted by Crippen LogP contribution is -2.11. The maximum Gasteiger partial charge on any atom is 0.0474 e. The van der Waals surface area contributed by atoms with Crippen molar-refractivity contribution < 1.29 is 0 Å². The van der Waals surface area contributed by atoms with E-state index in [1.807, 2.05) is 0 Å². The molecule has 0 atom stereocenters. The first-order valence-electron chi connectivity index (χ1n) is 6.97. The van der Waals surface area contributed by atoms with Crippen molar-refractivity contribution in [1.29, 1.82) is 0 Å². The fourth-order valence-electron chi connectivity index (χ4n) is 2.04. The van der Waals surface area contributed by atoms with Gasteiger partial charge in [0.2, 0.25) is 0 Å². The Morgan fingerprint density at radius 2 is 1.40 bits per heavy atom. The Bertz CT molecular complexity index is 535. The van der Waals surface area contributed by atoms with Crippen LogP contribution in [0.15, 0.2) is 48.5 Å². The van der Waals surface area contributed by atoms with Crippen LogP contribution in [-0.4, -0.2) is 0 Å². The van der Waals surface area contributed by atoms with Crippen LogP contribution in [0.1, 0.15) is 37.5 Å². The normalized spacial score (nSPS) is 11.4. The van der Waals surface area contributed by atoms with E-state index in [-0.39, 0.29) is 5.41 Å². The minimum Gasteiger partial charge on any atom is -0.381 e. The van der Waals surface area contributed by atoms with Gasteiger partial charge in [-0.15, -0.1) is 11.6 Å². The van der Waals surface area contributed by atoms with Crippen LogP contribution in [0.5, 0.6) is 0 Å². The van der Waals surface area contributed by atoms with Gasteiger partial charge in [0.15, 0.2) is 0 Å². The summed E-state index contributed by atoms with van der Waals surface area (Å²) < 4.78 is 0. The molecular formula is C18H22ClN. The molecule has 0 amide bonds. The van der Waals surface area contributed by atoms with Crippen molar-refractivity contribution >= 4 is 17.3 Å². The zero-order chi connectivity index (χ0) is 14.6. The summed E-state index contributed by atoms with van der Waals surface area (Å²) in [6.07, 6.45) is 0. The molecule has 0 heterocycles. The summed E-state index contributed by atoms with van der Waals surface area (Å²) in [6.45, 7) is 7.54. The Hall–Kier alpha value is -1.47. The van der Waals surface area contributed by atoms with E-state index in [2.05, 4.69) is 74.6 Å². The number of hydrogen-bond donors (Lipinski definition) is 1. The maximum atomic E-state index is 5.78. The fourth-order valence-corrected chi connectivity index (χ4v) is 2.22. The topological polar surface area (TPSA) is 12.0 Å². The molecule has 2 aromatic rings. The van der Waals surface area contributed by atoms with E-state index >= 15 is 0 Å². The Labute approximate surface area is 127 Å². The third-order valence-electron chi connectivity index (χ3n) is 3.42. The van der Waals surface area contributed by atoms with Crippen molar-refractivity contribution in [2.45, 2.75) is 38.6 Å². The first-order valence-corrected chi connectivity index (χ1v) is 7.51. The molecule has 0 radical (unpaired) electrons. The summed E-state index contributed by atoms with van der Waals surface area (Å²) in [6, 6.07) is 17.1. The molecular weight excluding hydrogens is 266 g/mol. The highest BCUT2D eigenvalue weighted by molar-refractivity contribution is 6.17. The first-order chi connectivity index (χ1) is 9.49. The summed E-state index contributed by atoms with van der Waals surface area (Å²) in [5.74, 6) is 0.564. The van der Waals surface area contributed by atoms with Crippen molar-refractivity contribution in [2.24, 2.45) is 0 Å². The minimum absolute atomic E-state index is 0.212. The van der Waals surface area contributed by atoms with E-state index in [4.69, 9.17) is 11.6 Å². The fraction of sp³-hybridized carbons (Fsp3) is 0.333. The van der Waals surface area contributed by atoms with Gasteiger partial charge in [-0.25, -0.2) is 0 Å². The van der Waals surface area contributed by atoms with Gasteiger partial charge >= 0.3 is 0 Å². The lowest BCUT2D eigenvalue weighted by atomic mass is 9.87. The first kappa shape index (κ1) is 14.9. The lowest BCUT2D eigenvalue weighted by molar-refractivity contribution is 0.590. The van der Waals surface area contributed by atoms with Crippen molar-refractivity contribution in [1.82, 2.24) is 0 Å². The third kappa shape index (κ3) is 4.01. The van der Waals surface area contributed by atoms with Crippen LogP contribution in [-0.2, 0) is 17.8 Å². The number of anilines is 1. The zero-order valence-electron chi connectivity index (χ0n) is 12.4. The molecule has 20 heavy (non-hydrogen) atoms. The number of halogens is 1. The summed E-state index contributed by atoms with van der Waals surface area (Å²) in [5.41, 5.74) is 5.14. The van der Waals surface area contributed by atoms with Crippen LogP contribution in [0, 0.1) is 0 Å². The Kier molecular flexibility index (Phi) is 4.72. The van der Waals surface area contributed by atoms with Crippen LogP contribution in [0.4, 0.5) is 5.69 Å². The Morgan fingerprint density at radius 3 is 1.90 bits per heavy atom. The molecule has 0 bridgehead atoms. The lowest BCUT2D eigenvalue weighted by Gasteiger charge is -2.19. The predicted molar refractivity (Wildman–Crippen MR) is 88.5 cm³/mol. The summed E-state index contributed by atoms with van der Waals surface area (Å²) in [7, 11) is 0. The molecule has 1 nitrogen and oxygen atoms in total. The van der Waals surface area contributed by atoms with E-state index in [1.54, 1.807) is 0 Å². The van der Waals surface area contributed by atoms with Crippen LogP contribution >= 0.6 is 11.6 Å². The molecule has 0 fully saturated rings. The quantitative estimate of drug-likeness (QED) is 0.749. The van der Waals surface area contributed by atoms with Gasteiger partial charge in [0, 0.05) is 18.1 Å². The van der Waals surface area contributed by atoms with E-state index in [0.717, 1.165) is 17.8 Å². The monoisotopic (exact) mass is 287 g/mol. The second-order valence-electron chi connectivity index (χ2n) is 6.13. The summed E-state index contributed by atoms with van der Waals surface area (Å²) in [4.78, 5) is 0. The van der Waals surface area contributed by atoms with Gasteiger partial charge in [-0.05, 0) is 34.2 Å². The highest BCUT2D eigenvalue weighted by Crippen LogP contribution is 2.22. The van der Waals surface area contributed by atoms with Crippen LogP contribution in [0.2, 0.25) is 0 Å². The molecule has 1 N–H and O–H groups in total. The maximum absolute atomic E-state index is 5.78. The molecule has 0 saturated carbocycles. The molecule has 106 valence electrons. The molecule has 2 heteroatoms. The van der Waals surface area contributed by atoms with Gasteiger partial charge in [0.25, 0.3) is 0 Å². The number of nitrogens with one attached hydrogen (secondary N) is 1. The van der Waals surface area contributed by atoms with E-state index in [0.29, 0.717) is 5.88 Å². The van der Waals surface area contributed by atoms with Crippen molar-refractivity contribution in [3.05, 3.63) is 65.2 Å². The molecule has 0 unspecified atom stereocenters. The minimum atomic E-state index is 0.212. The molecule has 0 aromatic heterocycles. The van der Waals surface area contributed by atoms with Crippen molar-refractivity contribution in [3.63, 3.8) is 0 Å². The highest BCUT2D eigenvalue weighted by Gasteiger charge is 2.12. The van der Waals surface area contributed by atoms with Gasteiger partial charge in [-0.2, -0.15) is 0 Å². The van der Waals surface area contributed by atoms with Gasteiger partial charge < -0.3 is 5.32 Å². The van der Waals surface area contributed by atoms with E-state index in [1.165, 1.54) is 11.1 Å². The smallest absolute Gasteiger partial charge is 0.0474 e. The SMILES string of the molecule is CC(C)(C)c1ccc(CNc2ccc(CCl)cc2)cc1. The molecule has 0 spiro atoms. The number of alkyl halides is 1. The largest absolute Gasteiger partial charge is 0.381 e. The van der Waals surface area contributed by atoms with Crippen LogP contribution in [0.3, 0.4) is 0 Å². The number of hydrogen-bond acceptors (Lipinski definition) is 1. The number of benzene rings is 2. The standard InChI is InChI=1S/C18H22ClN/c1-18(2,3)16-8-4-15(5-9-16)13-20-17-10-6-14(12-19)7-11-17/h4-11,20H,12-13H2,1-3H3. The molecule has 0 saturated heterocycles. The van der Waals surface area contributed by atoms with Gasteiger partial charge in [0.1, 0.15) is 0 Å². The molecule has 2 rings (SSSR count). The summed E-state index contributed by atoms with van der Waals surface area (Å²) in [5, 5.41) is 3.43. The molecule has 0 aliphatic heterocycles. The van der Waals surface area contributed by atoms with Gasteiger partial charge in [-0.3, -0.25) is 0 Å². The molecule has 2 aromatic carbocycles. The van der Waals surface area contributed by atoms with Gasteiger partial charge in [0.05, 0.1) is 0 Å². The van der Waals surface area contributed by atoms with E-state index in [9.17, 15) is 0 Å². The Balaban J connectivity index is 1.96. The van der Waals surface area contributed by atoms with Crippen LogP contribution in [0.25, 0.3) is 0 Å².